The number of ether oxygens (including phenoxy) is 1. The lowest BCUT2D eigenvalue weighted by atomic mass is 10.3. The molecule has 0 radical (unpaired) electrons. The summed E-state index contributed by atoms with van der Waals surface area (Å²) < 4.78 is 4.98. The van der Waals surface area contributed by atoms with Crippen molar-refractivity contribution in [1.29, 1.82) is 5.26 Å². The normalized spacial score (nSPS) is 9.28. The van der Waals surface area contributed by atoms with Gasteiger partial charge in [0.15, 0.2) is 0 Å². The highest BCUT2D eigenvalue weighted by molar-refractivity contribution is 5.84. The van der Waals surface area contributed by atoms with E-state index in [2.05, 4.69) is 15.3 Å². The van der Waals surface area contributed by atoms with Gasteiger partial charge in [0.1, 0.15) is 11.8 Å². The molecular formula is C12H8N4O2. The Morgan fingerprint density at radius 1 is 1.22 bits per heavy atom. The molecule has 2 aromatic rings. The number of carbonyl (C=O) groups is 1. The molecule has 0 bridgehead atoms. The molecule has 18 heavy (non-hydrogen) atoms. The number of hydrogen-bond donors (Lipinski definition) is 1. The van der Waals surface area contributed by atoms with Crippen LogP contribution in [0.15, 0.2) is 42.7 Å². The van der Waals surface area contributed by atoms with Gasteiger partial charge in [-0.2, -0.15) is 5.26 Å². The first-order chi connectivity index (χ1) is 8.78. The highest BCUT2D eigenvalue weighted by Gasteiger charge is 2.06. The van der Waals surface area contributed by atoms with E-state index in [0.29, 0.717) is 11.3 Å². The van der Waals surface area contributed by atoms with E-state index in [1.54, 1.807) is 24.3 Å². The number of nitrogens with zero attached hydrogens (tertiary/aromatic N) is 3. The van der Waals surface area contributed by atoms with Gasteiger partial charge in [0, 0.05) is 0 Å². The minimum Gasteiger partial charge on any atom is -0.410 e. The summed E-state index contributed by atoms with van der Waals surface area (Å²) in [5.74, 6) is 0.499. The molecule has 0 aliphatic heterocycles. The summed E-state index contributed by atoms with van der Waals surface area (Å²) in [6.07, 6.45) is 1.93. The Kier molecular flexibility index (Phi) is 3.47. The Morgan fingerprint density at radius 2 is 1.89 bits per heavy atom. The number of benzene rings is 1. The van der Waals surface area contributed by atoms with Crippen LogP contribution in [-0.2, 0) is 0 Å². The van der Waals surface area contributed by atoms with Crippen molar-refractivity contribution in [2.45, 2.75) is 0 Å². The van der Waals surface area contributed by atoms with Crippen LogP contribution in [0.3, 0.4) is 0 Å². The van der Waals surface area contributed by atoms with E-state index in [0.717, 1.165) is 0 Å². The van der Waals surface area contributed by atoms with Crippen LogP contribution in [0.5, 0.6) is 5.75 Å². The number of carbonyl (C=O) groups excluding carboxylic acids is 1. The van der Waals surface area contributed by atoms with E-state index in [1.165, 1.54) is 12.4 Å². The van der Waals surface area contributed by atoms with Crippen molar-refractivity contribution in [2.75, 3.05) is 5.32 Å². The van der Waals surface area contributed by atoms with Crippen molar-refractivity contribution in [1.82, 2.24) is 9.97 Å². The fourth-order valence-electron chi connectivity index (χ4n) is 1.16. The second kappa shape index (κ2) is 5.41. The van der Waals surface area contributed by atoms with Crippen molar-refractivity contribution in [3.05, 3.63) is 48.3 Å². The average Bonchev–Trinajstić information content (AvgIpc) is 2.40. The van der Waals surface area contributed by atoms with Gasteiger partial charge in [-0.1, -0.05) is 18.2 Å². The molecule has 6 heteroatoms. The monoisotopic (exact) mass is 240 g/mol. The minimum absolute atomic E-state index is 0.0786. The van der Waals surface area contributed by atoms with E-state index < -0.39 is 6.09 Å². The Hall–Kier alpha value is -2.94. The molecule has 1 amide bonds. The minimum atomic E-state index is -0.689. The van der Waals surface area contributed by atoms with Crippen LogP contribution < -0.4 is 10.1 Å². The van der Waals surface area contributed by atoms with E-state index in [-0.39, 0.29) is 5.95 Å². The Balaban J connectivity index is 1.97. The van der Waals surface area contributed by atoms with E-state index in [9.17, 15) is 4.79 Å². The van der Waals surface area contributed by atoms with Gasteiger partial charge in [-0.05, 0) is 12.1 Å². The summed E-state index contributed by atoms with van der Waals surface area (Å²) in [7, 11) is 0. The van der Waals surface area contributed by atoms with Gasteiger partial charge in [-0.15, -0.1) is 0 Å². The zero-order valence-electron chi connectivity index (χ0n) is 9.20. The maximum atomic E-state index is 11.5. The van der Waals surface area contributed by atoms with Crippen molar-refractivity contribution in [3.63, 3.8) is 0 Å². The fourth-order valence-corrected chi connectivity index (χ4v) is 1.16. The lowest BCUT2D eigenvalue weighted by Gasteiger charge is -2.04. The summed E-state index contributed by atoms with van der Waals surface area (Å²) in [5, 5.41) is 10.9. The van der Waals surface area contributed by atoms with Crippen LogP contribution in [0.25, 0.3) is 0 Å². The number of aromatic nitrogens is 2. The number of amides is 1. The zero-order valence-corrected chi connectivity index (χ0v) is 9.20. The highest BCUT2D eigenvalue weighted by atomic mass is 16.6. The maximum Gasteiger partial charge on any atom is 0.419 e. The van der Waals surface area contributed by atoms with Gasteiger partial charge < -0.3 is 4.74 Å². The first-order valence-electron chi connectivity index (χ1n) is 5.04. The predicted octanol–water partition coefficient (Wildman–Crippen LogP) is 1.96. The van der Waals surface area contributed by atoms with Crippen molar-refractivity contribution in [2.24, 2.45) is 0 Å². The van der Waals surface area contributed by atoms with Crippen LogP contribution in [0.4, 0.5) is 10.7 Å². The third-order valence-electron chi connectivity index (χ3n) is 1.95. The van der Waals surface area contributed by atoms with Gasteiger partial charge in [0.2, 0.25) is 5.95 Å². The van der Waals surface area contributed by atoms with E-state index in [1.807, 2.05) is 12.1 Å². The molecule has 6 nitrogen and oxygen atoms in total. The molecule has 0 atom stereocenters. The summed E-state index contributed by atoms with van der Waals surface area (Å²) in [5.41, 5.74) is 0.317. The Labute approximate surface area is 103 Å². The second-order valence-electron chi connectivity index (χ2n) is 3.23. The van der Waals surface area contributed by atoms with Crippen molar-refractivity contribution in [3.8, 4) is 11.8 Å². The van der Waals surface area contributed by atoms with Gasteiger partial charge in [0.05, 0.1) is 18.0 Å². The van der Waals surface area contributed by atoms with Gasteiger partial charge in [-0.3, -0.25) is 5.32 Å². The molecule has 0 aliphatic carbocycles. The predicted molar refractivity (Wildman–Crippen MR) is 62.8 cm³/mol. The molecule has 2 rings (SSSR count). The van der Waals surface area contributed by atoms with Crippen LogP contribution in [0.2, 0.25) is 0 Å². The summed E-state index contributed by atoms with van der Waals surface area (Å²) >= 11 is 0. The highest BCUT2D eigenvalue weighted by Crippen LogP contribution is 2.09. The van der Waals surface area contributed by atoms with Crippen LogP contribution >= 0.6 is 0 Å². The number of hydrogen-bond acceptors (Lipinski definition) is 5. The molecule has 0 saturated carbocycles. The number of anilines is 1. The lowest BCUT2D eigenvalue weighted by molar-refractivity contribution is 0.215. The van der Waals surface area contributed by atoms with Crippen molar-refractivity contribution >= 4 is 12.0 Å². The van der Waals surface area contributed by atoms with E-state index >= 15 is 0 Å². The third kappa shape index (κ3) is 3.02. The molecule has 0 spiro atoms. The average molecular weight is 240 g/mol. The van der Waals surface area contributed by atoms with Crippen molar-refractivity contribution < 1.29 is 9.53 Å². The number of nitrogens with one attached hydrogen (secondary N) is 1. The topological polar surface area (TPSA) is 87.9 Å². The molecule has 1 N–H and O–H groups in total. The second-order valence-corrected chi connectivity index (χ2v) is 3.23. The fraction of sp³-hybridized carbons (Fsp3) is 0. The standard InChI is InChI=1S/C12H8N4O2/c13-6-9-7-14-11(15-8-9)16-12(17)18-10-4-2-1-3-5-10/h1-5,7-8H,(H,14,15,16,17). The molecule has 0 saturated heterocycles. The summed E-state index contributed by atoms with van der Waals surface area (Å²) in [4.78, 5) is 19.0. The first-order valence-corrected chi connectivity index (χ1v) is 5.04. The smallest absolute Gasteiger partial charge is 0.410 e. The first kappa shape index (κ1) is 11.5. The van der Waals surface area contributed by atoms with Gasteiger partial charge in [0.25, 0.3) is 0 Å². The van der Waals surface area contributed by atoms with Crippen LogP contribution in [0, 0.1) is 11.3 Å². The quantitative estimate of drug-likeness (QED) is 0.866. The number of nitriles is 1. The molecule has 1 heterocycles. The number of para-hydroxylation sites is 1. The Bertz CT molecular complexity index is 575. The van der Waals surface area contributed by atoms with Crippen LogP contribution in [-0.4, -0.2) is 16.1 Å². The lowest BCUT2D eigenvalue weighted by Crippen LogP contribution is -2.18. The maximum absolute atomic E-state index is 11.5. The molecule has 88 valence electrons. The molecule has 1 aromatic heterocycles. The number of rotatable bonds is 2. The van der Waals surface area contributed by atoms with E-state index in [4.69, 9.17) is 10.00 Å². The molecule has 0 unspecified atom stereocenters. The summed E-state index contributed by atoms with van der Waals surface area (Å²) in [6.45, 7) is 0. The van der Waals surface area contributed by atoms with Crippen LogP contribution in [0.1, 0.15) is 5.56 Å². The Morgan fingerprint density at radius 3 is 2.50 bits per heavy atom. The molecule has 1 aromatic carbocycles. The van der Waals surface area contributed by atoms with Gasteiger partial charge >= 0.3 is 6.09 Å². The SMILES string of the molecule is N#Cc1cnc(NC(=O)Oc2ccccc2)nc1. The largest absolute Gasteiger partial charge is 0.419 e. The molecule has 0 fully saturated rings. The van der Waals surface area contributed by atoms with Gasteiger partial charge in [-0.25, -0.2) is 14.8 Å². The molecular weight excluding hydrogens is 232 g/mol. The molecule has 0 aliphatic rings. The third-order valence-corrected chi connectivity index (χ3v) is 1.95. The summed E-state index contributed by atoms with van der Waals surface area (Å²) in [6, 6.07) is 10.5. The zero-order chi connectivity index (χ0) is 12.8.